The zero-order valence-electron chi connectivity index (χ0n) is 9.35. The van der Waals surface area contributed by atoms with Crippen molar-refractivity contribution in [3.63, 3.8) is 0 Å². The maximum atomic E-state index is 11.6. The summed E-state index contributed by atoms with van der Waals surface area (Å²) in [4.78, 5) is 11.6. The Morgan fingerprint density at radius 1 is 1.62 bits per heavy atom. The van der Waals surface area contributed by atoms with Gasteiger partial charge < -0.3 is 4.74 Å². The number of allylic oxidation sites excluding steroid dienone is 1. The van der Waals surface area contributed by atoms with Crippen LogP contribution in [0.1, 0.15) is 12.8 Å². The van der Waals surface area contributed by atoms with Crippen LogP contribution in [0.3, 0.4) is 0 Å². The molecule has 0 radical (unpaired) electrons. The number of nitrogens with two attached hydrogens (primary N) is 1. The van der Waals surface area contributed by atoms with E-state index in [4.69, 9.17) is 10.6 Å². The van der Waals surface area contributed by atoms with Crippen molar-refractivity contribution in [1.82, 2.24) is 10.3 Å². The molecule has 3 N–H and O–H groups in total. The number of nitrogens with zero attached hydrogens (tertiary/aromatic N) is 1. The van der Waals surface area contributed by atoms with E-state index in [1.54, 1.807) is 7.11 Å². The number of methoxy groups -OCH3 is 1. The molecule has 0 bridgehead atoms. The minimum absolute atomic E-state index is 0.0260. The van der Waals surface area contributed by atoms with Gasteiger partial charge in [-0.05, 0) is 25.0 Å². The number of hydrogen-bond donors (Lipinski definition) is 2. The molecule has 0 aromatic heterocycles. The van der Waals surface area contributed by atoms with Crippen molar-refractivity contribution in [2.45, 2.75) is 24.9 Å². The quantitative estimate of drug-likeness (QED) is 0.518. The molecule has 16 heavy (non-hydrogen) atoms. The number of rotatable bonds is 3. The minimum Gasteiger partial charge on any atom is -0.497 e. The van der Waals surface area contributed by atoms with Gasteiger partial charge in [-0.25, -0.2) is 5.84 Å². The average Bonchev–Trinajstić information content (AvgIpc) is 2.61. The van der Waals surface area contributed by atoms with E-state index in [2.05, 4.69) is 5.32 Å². The molecule has 1 saturated heterocycles. The molecule has 0 aromatic rings. The summed E-state index contributed by atoms with van der Waals surface area (Å²) in [5, 5.41) is 4.56. The van der Waals surface area contributed by atoms with Crippen LogP contribution >= 0.6 is 0 Å². The summed E-state index contributed by atoms with van der Waals surface area (Å²) in [6, 6.07) is -0.00347. The Kier molecular flexibility index (Phi) is 3.26. The van der Waals surface area contributed by atoms with Gasteiger partial charge in [0.2, 0.25) is 0 Å². The maximum Gasteiger partial charge on any atom is 0.253 e. The summed E-state index contributed by atoms with van der Waals surface area (Å²) >= 11 is 0. The largest absolute Gasteiger partial charge is 0.497 e. The van der Waals surface area contributed by atoms with Crippen molar-refractivity contribution in [3.8, 4) is 0 Å². The van der Waals surface area contributed by atoms with Gasteiger partial charge in [0.25, 0.3) is 5.91 Å². The number of nitrogens with one attached hydrogen (secondary N) is 1. The predicted octanol–water partition coefficient (Wildman–Crippen LogP) is -0.0906. The lowest BCUT2D eigenvalue weighted by atomic mass is 10.1. The van der Waals surface area contributed by atoms with Gasteiger partial charge in [-0.15, -0.1) is 0 Å². The average molecular weight is 223 g/mol. The molecule has 0 aromatic carbocycles. The second kappa shape index (κ2) is 4.67. The summed E-state index contributed by atoms with van der Waals surface area (Å²) in [6.45, 7) is 0.625. The van der Waals surface area contributed by atoms with Crippen LogP contribution in [0, 0.1) is 0 Å². The summed E-state index contributed by atoms with van der Waals surface area (Å²) in [7, 11) is 1.64. The molecule has 1 amide bonds. The molecular weight excluding hydrogens is 206 g/mol. The third-order valence-corrected chi connectivity index (χ3v) is 2.93. The highest BCUT2D eigenvalue weighted by Crippen LogP contribution is 2.14. The fourth-order valence-electron chi connectivity index (χ4n) is 2.02. The zero-order chi connectivity index (χ0) is 11.5. The first-order valence-electron chi connectivity index (χ1n) is 5.45. The van der Waals surface area contributed by atoms with Crippen molar-refractivity contribution in [3.05, 3.63) is 24.0 Å². The SMILES string of the molecule is COC1=CC(NC2CCN(N)C2=O)CC=C1. The van der Waals surface area contributed by atoms with E-state index in [0.717, 1.165) is 18.6 Å². The smallest absolute Gasteiger partial charge is 0.253 e. The predicted molar refractivity (Wildman–Crippen MR) is 60.1 cm³/mol. The normalized spacial score (nSPS) is 29.5. The van der Waals surface area contributed by atoms with E-state index in [1.807, 2.05) is 18.2 Å². The van der Waals surface area contributed by atoms with Crippen LogP contribution < -0.4 is 11.2 Å². The Morgan fingerprint density at radius 3 is 3.06 bits per heavy atom. The number of hydrazine groups is 1. The van der Waals surface area contributed by atoms with E-state index >= 15 is 0 Å². The second-order valence-electron chi connectivity index (χ2n) is 4.06. The van der Waals surface area contributed by atoms with Gasteiger partial charge in [0.1, 0.15) is 5.76 Å². The molecule has 5 nitrogen and oxygen atoms in total. The van der Waals surface area contributed by atoms with Crippen LogP contribution in [-0.4, -0.2) is 36.7 Å². The van der Waals surface area contributed by atoms with Crippen LogP contribution in [-0.2, 0) is 9.53 Å². The van der Waals surface area contributed by atoms with Gasteiger partial charge >= 0.3 is 0 Å². The second-order valence-corrected chi connectivity index (χ2v) is 4.06. The molecule has 0 spiro atoms. The molecule has 1 aliphatic heterocycles. The number of ether oxygens (including phenoxy) is 1. The van der Waals surface area contributed by atoms with Crippen molar-refractivity contribution < 1.29 is 9.53 Å². The van der Waals surface area contributed by atoms with E-state index in [9.17, 15) is 4.79 Å². The molecule has 2 aliphatic rings. The first-order valence-corrected chi connectivity index (χ1v) is 5.45. The van der Waals surface area contributed by atoms with Crippen LogP contribution in [0.5, 0.6) is 0 Å². The van der Waals surface area contributed by atoms with Crippen LogP contribution in [0.15, 0.2) is 24.0 Å². The van der Waals surface area contributed by atoms with Crippen molar-refractivity contribution in [2.75, 3.05) is 13.7 Å². The van der Waals surface area contributed by atoms with Crippen LogP contribution in [0.4, 0.5) is 0 Å². The molecule has 0 saturated carbocycles. The monoisotopic (exact) mass is 223 g/mol. The van der Waals surface area contributed by atoms with Gasteiger partial charge in [0.05, 0.1) is 13.2 Å². The van der Waals surface area contributed by atoms with Gasteiger partial charge in [0, 0.05) is 12.6 Å². The van der Waals surface area contributed by atoms with E-state index in [0.29, 0.717) is 6.54 Å². The Bertz CT molecular complexity index is 338. The number of hydrogen-bond acceptors (Lipinski definition) is 4. The molecule has 5 heteroatoms. The Labute approximate surface area is 94.9 Å². The minimum atomic E-state index is -0.157. The number of amides is 1. The lowest BCUT2D eigenvalue weighted by molar-refractivity contribution is -0.129. The zero-order valence-corrected chi connectivity index (χ0v) is 9.35. The highest BCUT2D eigenvalue weighted by molar-refractivity contribution is 5.83. The first kappa shape index (κ1) is 11.2. The van der Waals surface area contributed by atoms with Gasteiger partial charge in [-0.1, -0.05) is 6.08 Å². The van der Waals surface area contributed by atoms with Crippen LogP contribution in [0.2, 0.25) is 0 Å². The lowest BCUT2D eigenvalue weighted by Gasteiger charge is -2.21. The van der Waals surface area contributed by atoms with Crippen LogP contribution in [0.25, 0.3) is 0 Å². The summed E-state index contributed by atoms with van der Waals surface area (Å²) in [5.41, 5.74) is 0. The molecule has 2 rings (SSSR count). The van der Waals surface area contributed by atoms with E-state index in [1.165, 1.54) is 5.01 Å². The highest BCUT2D eigenvalue weighted by atomic mass is 16.5. The molecule has 1 heterocycles. The lowest BCUT2D eigenvalue weighted by Crippen LogP contribution is -2.45. The van der Waals surface area contributed by atoms with Gasteiger partial charge in [-0.2, -0.15) is 0 Å². The molecule has 1 fully saturated rings. The van der Waals surface area contributed by atoms with E-state index < -0.39 is 0 Å². The van der Waals surface area contributed by atoms with Crippen molar-refractivity contribution in [1.29, 1.82) is 0 Å². The fourth-order valence-corrected chi connectivity index (χ4v) is 2.02. The van der Waals surface area contributed by atoms with Gasteiger partial charge in [-0.3, -0.25) is 15.1 Å². The third-order valence-electron chi connectivity index (χ3n) is 2.93. The van der Waals surface area contributed by atoms with Crippen molar-refractivity contribution in [2.24, 2.45) is 5.84 Å². The Balaban J connectivity index is 1.93. The summed E-state index contributed by atoms with van der Waals surface area (Å²) in [6.07, 6.45) is 7.61. The standard InChI is InChI=1S/C11H17N3O2/c1-16-9-4-2-3-8(7-9)13-10-5-6-14(12)11(10)15/h2,4,7-8,10,13H,3,5-6,12H2,1H3. The molecule has 2 atom stereocenters. The Hall–Kier alpha value is -1.33. The summed E-state index contributed by atoms with van der Waals surface area (Å²) in [5.74, 6) is 6.32. The fraction of sp³-hybridized carbons (Fsp3) is 0.545. The van der Waals surface area contributed by atoms with Gasteiger partial charge in [0.15, 0.2) is 0 Å². The number of carbonyl (C=O) groups is 1. The summed E-state index contributed by atoms with van der Waals surface area (Å²) < 4.78 is 5.15. The molecule has 1 aliphatic carbocycles. The number of carbonyl (C=O) groups excluding carboxylic acids is 1. The highest BCUT2D eigenvalue weighted by Gasteiger charge is 2.31. The van der Waals surface area contributed by atoms with E-state index in [-0.39, 0.29) is 18.0 Å². The maximum absolute atomic E-state index is 11.6. The first-order chi connectivity index (χ1) is 7.70. The third kappa shape index (κ3) is 2.25. The topological polar surface area (TPSA) is 67.6 Å². The molecular formula is C11H17N3O2. The molecule has 88 valence electrons. The Morgan fingerprint density at radius 2 is 2.44 bits per heavy atom. The van der Waals surface area contributed by atoms with Crippen molar-refractivity contribution >= 4 is 5.91 Å². The molecule has 2 unspecified atom stereocenters.